The van der Waals surface area contributed by atoms with Crippen LogP contribution in [0, 0.1) is 5.41 Å². The normalized spacial score (nSPS) is 11.7. The molecule has 26 heavy (non-hydrogen) atoms. The van der Waals surface area contributed by atoms with Gasteiger partial charge in [0.05, 0.1) is 5.41 Å². The van der Waals surface area contributed by atoms with Crippen molar-refractivity contribution >= 4 is 23.1 Å². The predicted molar refractivity (Wildman–Crippen MR) is 97.4 cm³/mol. The van der Waals surface area contributed by atoms with E-state index in [1.165, 1.54) is 0 Å². The first-order chi connectivity index (χ1) is 12.3. The Kier molecular flexibility index (Phi) is 4.50. The molecule has 3 rings (SSSR count). The molecule has 0 radical (unpaired) electrons. The third-order valence-electron chi connectivity index (χ3n) is 3.85. The van der Waals surface area contributed by atoms with Crippen molar-refractivity contribution in [1.82, 2.24) is 19.5 Å². The molecule has 1 aromatic carbocycles. The number of carbonyl (C=O) groups is 1. The summed E-state index contributed by atoms with van der Waals surface area (Å²) in [6.45, 7) is 5.22. The van der Waals surface area contributed by atoms with Gasteiger partial charge >= 0.3 is 5.97 Å². The van der Waals surface area contributed by atoms with Crippen LogP contribution in [0.25, 0.3) is 11.2 Å². The third-order valence-corrected chi connectivity index (χ3v) is 3.85. The maximum absolute atomic E-state index is 12.2. The minimum absolute atomic E-state index is 0.0166. The fourth-order valence-electron chi connectivity index (χ4n) is 2.46. The second-order valence-electron chi connectivity index (χ2n) is 7.05. The first-order valence-electron chi connectivity index (χ1n) is 8.22. The Bertz CT molecular complexity index is 999. The summed E-state index contributed by atoms with van der Waals surface area (Å²) < 4.78 is 7.02. The lowest BCUT2D eigenvalue weighted by Crippen LogP contribution is -2.24. The second kappa shape index (κ2) is 6.62. The van der Waals surface area contributed by atoms with E-state index in [-0.39, 0.29) is 24.2 Å². The van der Waals surface area contributed by atoms with Gasteiger partial charge in [0.25, 0.3) is 5.56 Å². The number of esters is 1. The number of carbonyl (C=O) groups excluding carboxylic acids is 1. The predicted octanol–water partition coefficient (Wildman–Crippen LogP) is 1.84. The number of fused-ring (bicyclic) bond motifs is 1. The molecule has 2 aromatic heterocycles. The molecule has 3 aromatic rings. The van der Waals surface area contributed by atoms with Crippen molar-refractivity contribution in [2.45, 2.75) is 33.9 Å². The van der Waals surface area contributed by atoms with Gasteiger partial charge in [0.15, 0.2) is 17.9 Å². The van der Waals surface area contributed by atoms with Crippen molar-refractivity contribution in [1.29, 1.82) is 0 Å². The minimum atomic E-state index is -0.639. The van der Waals surface area contributed by atoms with E-state index in [0.29, 0.717) is 17.9 Å². The van der Waals surface area contributed by atoms with Crippen LogP contribution in [0.3, 0.4) is 0 Å². The summed E-state index contributed by atoms with van der Waals surface area (Å²) in [6, 6.07) is 9.67. The van der Waals surface area contributed by atoms with Crippen LogP contribution in [0.15, 0.2) is 35.1 Å². The van der Waals surface area contributed by atoms with E-state index < -0.39 is 11.0 Å². The Morgan fingerprint density at radius 3 is 2.58 bits per heavy atom. The molecule has 8 nitrogen and oxygen atoms in total. The summed E-state index contributed by atoms with van der Waals surface area (Å²) in [4.78, 5) is 35.3. The van der Waals surface area contributed by atoms with Crippen LogP contribution in [0.2, 0.25) is 0 Å². The average molecular weight is 355 g/mol. The molecular formula is C18H21N5O3. The zero-order chi connectivity index (χ0) is 18.9. The molecule has 0 saturated carbocycles. The van der Waals surface area contributed by atoms with Gasteiger partial charge in [-0.1, -0.05) is 30.3 Å². The van der Waals surface area contributed by atoms with E-state index in [0.717, 1.165) is 5.56 Å². The fraction of sp³-hybridized carbons (Fsp3) is 0.333. The number of nitrogens with zero attached hydrogens (tertiary/aromatic N) is 3. The number of aromatic amines is 1. The van der Waals surface area contributed by atoms with Gasteiger partial charge < -0.3 is 10.5 Å². The highest BCUT2D eigenvalue weighted by Crippen LogP contribution is 2.19. The van der Waals surface area contributed by atoms with Gasteiger partial charge in [0, 0.05) is 6.42 Å². The highest BCUT2D eigenvalue weighted by molar-refractivity contribution is 5.75. The number of imidazole rings is 1. The highest BCUT2D eigenvalue weighted by atomic mass is 16.5. The van der Waals surface area contributed by atoms with Crippen molar-refractivity contribution in [2.75, 3.05) is 5.73 Å². The van der Waals surface area contributed by atoms with E-state index in [1.54, 1.807) is 25.3 Å². The second-order valence-corrected chi connectivity index (χ2v) is 7.05. The molecule has 8 heteroatoms. The largest absolute Gasteiger partial charge is 0.443 e. The molecule has 0 aliphatic rings. The smallest absolute Gasteiger partial charge is 0.312 e. The summed E-state index contributed by atoms with van der Waals surface area (Å²) in [7, 11) is 0. The molecule has 0 bridgehead atoms. The summed E-state index contributed by atoms with van der Waals surface area (Å²) in [5.41, 5.74) is 6.06. The SMILES string of the molecule is CC(C)(C)C(=O)OCn1c(Cc2ccccc2)nc2c(=O)[nH]c(N)nc21. The number of hydrogen-bond donors (Lipinski definition) is 2. The molecule has 0 unspecified atom stereocenters. The van der Waals surface area contributed by atoms with E-state index in [9.17, 15) is 9.59 Å². The van der Waals surface area contributed by atoms with Gasteiger partial charge in [-0.2, -0.15) is 4.98 Å². The molecule has 0 fully saturated rings. The van der Waals surface area contributed by atoms with Crippen LogP contribution in [0.5, 0.6) is 0 Å². The standard InChI is InChI=1S/C18H21N5O3/c1-18(2,3)16(25)26-10-23-12(9-11-7-5-4-6-8-11)20-13-14(23)21-17(19)22-15(13)24/h4-8H,9-10H2,1-3H3,(H3,19,21,22,24). The van der Waals surface area contributed by atoms with Gasteiger partial charge in [0.2, 0.25) is 5.95 Å². The summed E-state index contributed by atoms with van der Waals surface area (Å²) in [5, 5.41) is 0. The van der Waals surface area contributed by atoms with Crippen molar-refractivity contribution < 1.29 is 9.53 Å². The Balaban J connectivity index is 2.03. The van der Waals surface area contributed by atoms with Crippen LogP contribution in [0.1, 0.15) is 32.2 Å². The summed E-state index contributed by atoms with van der Waals surface area (Å²) in [6.07, 6.45) is 0.462. The van der Waals surface area contributed by atoms with E-state index in [4.69, 9.17) is 10.5 Å². The minimum Gasteiger partial charge on any atom is -0.443 e. The zero-order valence-corrected chi connectivity index (χ0v) is 14.9. The summed E-state index contributed by atoms with van der Waals surface area (Å²) >= 11 is 0. The van der Waals surface area contributed by atoms with Gasteiger partial charge in [-0.25, -0.2) is 4.98 Å². The van der Waals surface area contributed by atoms with Crippen LogP contribution < -0.4 is 11.3 Å². The molecule has 0 aliphatic heterocycles. The quantitative estimate of drug-likeness (QED) is 0.690. The van der Waals surface area contributed by atoms with Crippen molar-refractivity contribution in [3.63, 3.8) is 0 Å². The van der Waals surface area contributed by atoms with Gasteiger partial charge in [-0.05, 0) is 26.3 Å². The third kappa shape index (κ3) is 3.58. The van der Waals surface area contributed by atoms with E-state index in [2.05, 4.69) is 15.0 Å². The number of aromatic nitrogens is 4. The van der Waals surface area contributed by atoms with Crippen LogP contribution in [0.4, 0.5) is 5.95 Å². The number of benzene rings is 1. The molecular weight excluding hydrogens is 334 g/mol. The Morgan fingerprint density at radius 2 is 1.92 bits per heavy atom. The molecule has 0 amide bonds. The summed E-state index contributed by atoms with van der Waals surface area (Å²) in [5.74, 6) is 0.191. The molecule has 0 aliphatic carbocycles. The molecule has 0 saturated heterocycles. The number of ether oxygens (including phenoxy) is 1. The topological polar surface area (TPSA) is 116 Å². The first-order valence-corrected chi connectivity index (χ1v) is 8.22. The maximum atomic E-state index is 12.2. The van der Waals surface area contributed by atoms with Crippen molar-refractivity contribution in [3.05, 3.63) is 52.1 Å². The number of anilines is 1. The lowest BCUT2D eigenvalue weighted by Gasteiger charge is -2.17. The molecule has 3 N–H and O–H groups in total. The van der Waals surface area contributed by atoms with Crippen molar-refractivity contribution in [3.8, 4) is 0 Å². The number of nitrogens with two attached hydrogens (primary N) is 1. The zero-order valence-electron chi connectivity index (χ0n) is 14.9. The number of rotatable bonds is 4. The molecule has 0 atom stereocenters. The van der Waals surface area contributed by atoms with Crippen LogP contribution in [-0.4, -0.2) is 25.5 Å². The highest BCUT2D eigenvalue weighted by Gasteiger charge is 2.24. The Labute approximate surface area is 150 Å². The molecule has 0 spiro atoms. The number of H-pyrrole nitrogens is 1. The van der Waals surface area contributed by atoms with Gasteiger partial charge in [-0.3, -0.25) is 19.1 Å². The fourth-order valence-corrected chi connectivity index (χ4v) is 2.46. The van der Waals surface area contributed by atoms with Crippen molar-refractivity contribution in [2.24, 2.45) is 5.41 Å². The molecule has 2 heterocycles. The number of nitrogen functional groups attached to an aromatic ring is 1. The Hall–Kier alpha value is -3.16. The van der Waals surface area contributed by atoms with E-state index >= 15 is 0 Å². The first kappa shape index (κ1) is 17.7. The molecule has 136 valence electrons. The lowest BCUT2D eigenvalue weighted by molar-refractivity contribution is -0.156. The van der Waals surface area contributed by atoms with Crippen LogP contribution in [-0.2, 0) is 22.7 Å². The average Bonchev–Trinajstić information content (AvgIpc) is 2.90. The van der Waals surface area contributed by atoms with Gasteiger partial charge in [0.1, 0.15) is 5.82 Å². The van der Waals surface area contributed by atoms with Gasteiger partial charge in [-0.15, -0.1) is 0 Å². The number of hydrogen-bond acceptors (Lipinski definition) is 6. The monoisotopic (exact) mass is 355 g/mol. The lowest BCUT2D eigenvalue weighted by atomic mass is 9.98. The van der Waals surface area contributed by atoms with E-state index in [1.807, 2.05) is 30.3 Å². The van der Waals surface area contributed by atoms with Crippen LogP contribution >= 0.6 is 0 Å². The Morgan fingerprint density at radius 1 is 1.23 bits per heavy atom. The maximum Gasteiger partial charge on any atom is 0.312 e. The number of nitrogens with one attached hydrogen (secondary N) is 1.